The highest BCUT2D eigenvalue weighted by Crippen LogP contribution is 2.32. The lowest BCUT2D eigenvalue weighted by Gasteiger charge is -2.10. The van der Waals surface area contributed by atoms with Crippen molar-refractivity contribution in [1.82, 2.24) is 0 Å². The molecule has 0 aromatic heterocycles. The van der Waals surface area contributed by atoms with Gasteiger partial charge in [-0.25, -0.2) is 0 Å². The van der Waals surface area contributed by atoms with Crippen LogP contribution in [0.4, 0.5) is 4.39 Å². The molecule has 1 aromatic carbocycles. The van der Waals surface area contributed by atoms with Crippen molar-refractivity contribution in [3.63, 3.8) is 0 Å². The molecule has 0 saturated heterocycles. The first-order valence-electron chi connectivity index (χ1n) is 4.02. The number of benzene rings is 1. The van der Waals surface area contributed by atoms with Gasteiger partial charge in [-0.2, -0.15) is 4.39 Å². The molecule has 0 aliphatic carbocycles. The summed E-state index contributed by atoms with van der Waals surface area (Å²) in [6, 6.07) is 2.36. The summed E-state index contributed by atoms with van der Waals surface area (Å²) in [5, 5.41) is 17.1. The summed E-state index contributed by atoms with van der Waals surface area (Å²) in [7, 11) is 0.568. The highest BCUT2D eigenvalue weighted by Gasteiger charge is 2.17. The minimum absolute atomic E-state index is 0.0279. The van der Waals surface area contributed by atoms with Crippen molar-refractivity contribution in [2.75, 3.05) is 14.2 Å². The van der Waals surface area contributed by atoms with Crippen LogP contribution in [0.25, 0.3) is 0 Å². The second-order valence-corrected chi connectivity index (χ2v) is 2.59. The van der Waals surface area contributed by atoms with Crippen LogP contribution in [0.15, 0.2) is 12.1 Å². The fourth-order valence-corrected chi connectivity index (χ4v) is 1.04. The van der Waals surface area contributed by atoms with Gasteiger partial charge in [-0.15, -0.1) is 0 Å². The molecule has 0 amide bonds. The van der Waals surface area contributed by atoms with Crippen molar-refractivity contribution in [1.29, 1.82) is 0 Å². The van der Waals surface area contributed by atoms with Crippen molar-refractivity contribution in [2.24, 2.45) is 0 Å². The van der Waals surface area contributed by atoms with Gasteiger partial charge in [0.15, 0.2) is 11.5 Å². The van der Waals surface area contributed by atoms with E-state index in [1.54, 1.807) is 0 Å². The molecule has 1 aromatic rings. The highest BCUT2D eigenvalue weighted by atomic mass is 19.1. The third kappa shape index (κ3) is 2.74. The molecule has 82 valence electrons. The zero-order valence-corrected chi connectivity index (χ0v) is 8.23. The topological polar surface area (TPSA) is 68.2 Å². The highest BCUT2D eigenvalue weighted by molar-refractivity contribution is 6.33. The number of rotatable bonds is 4. The average molecular weight is 216 g/mol. The standard InChI is InChI=1S/C8H10BFO5/c1-13-6-3-5(15-9(11)12)4-7(14-2)8(6)10/h3-4,11-12H,1-2H3. The molecule has 0 fully saturated rings. The van der Waals surface area contributed by atoms with Gasteiger partial charge in [0.05, 0.1) is 14.2 Å². The Morgan fingerprint density at radius 1 is 1.13 bits per heavy atom. The first kappa shape index (κ1) is 11.6. The van der Waals surface area contributed by atoms with Crippen LogP contribution in [0.2, 0.25) is 0 Å². The Bertz CT molecular complexity index is 319. The normalized spacial score (nSPS) is 9.67. The smallest absolute Gasteiger partial charge is 0.512 e. The van der Waals surface area contributed by atoms with Crippen LogP contribution in [0.1, 0.15) is 0 Å². The first-order chi connectivity index (χ1) is 7.08. The van der Waals surface area contributed by atoms with Gasteiger partial charge < -0.3 is 24.2 Å². The molecule has 0 aliphatic rings. The molecular weight excluding hydrogens is 206 g/mol. The predicted molar refractivity (Wildman–Crippen MR) is 50.3 cm³/mol. The Morgan fingerprint density at radius 3 is 1.93 bits per heavy atom. The zero-order chi connectivity index (χ0) is 11.4. The summed E-state index contributed by atoms with van der Waals surface area (Å²) < 4.78 is 27.3. The number of halogens is 1. The van der Waals surface area contributed by atoms with Crippen molar-refractivity contribution in [3.05, 3.63) is 17.9 Å². The maximum absolute atomic E-state index is 13.4. The molecule has 0 aliphatic heterocycles. The minimum atomic E-state index is -1.98. The number of hydrogen-bond acceptors (Lipinski definition) is 5. The van der Waals surface area contributed by atoms with Crippen molar-refractivity contribution >= 4 is 7.32 Å². The number of methoxy groups -OCH3 is 2. The monoisotopic (exact) mass is 216 g/mol. The van der Waals surface area contributed by atoms with Gasteiger partial charge in [-0.3, -0.25) is 0 Å². The molecule has 2 N–H and O–H groups in total. The first-order valence-corrected chi connectivity index (χ1v) is 4.02. The lowest BCUT2D eigenvalue weighted by Crippen LogP contribution is -2.20. The van der Waals surface area contributed by atoms with E-state index in [0.29, 0.717) is 0 Å². The van der Waals surface area contributed by atoms with E-state index < -0.39 is 13.1 Å². The molecule has 15 heavy (non-hydrogen) atoms. The summed E-state index contributed by atoms with van der Waals surface area (Å²) in [4.78, 5) is 0. The van der Waals surface area contributed by atoms with Crippen LogP contribution in [0, 0.1) is 5.82 Å². The Kier molecular flexibility index (Phi) is 3.76. The van der Waals surface area contributed by atoms with E-state index in [1.165, 1.54) is 26.4 Å². The maximum Gasteiger partial charge on any atom is 0.707 e. The van der Waals surface area contributed by atoms with Gasteiger partial charge in [-0.1, -0.05) is 0 Å². The lowest BCUT2D eigenvalue weighted by atomic mass is 10.2. The van der Waals surface area contributed by atoms with E-state index in [2.05, 4.69) is 4.65 Å². The minimum Gasteiger partial charge on any atom is -0.512 e. The van der Waals surface area contributed by atoms with Gasteiger partial charge >= 0.3 is 7.32 Å². The van der Waals surface area contributed by atoms with Gasteiger partial charge in [0.25, 0.3) is 0 Å². The van der Waals surface area contributed by atoms with Crippen molar-refractivity contribution in [3.8, 4) is 17.2 Å². The second-order valence-electron chi connectivity index (χ2n) is 2.59. The summed E-state index contributed by atoms with van der Waals surface area (Å²) in [6.07, 6.45) is 0. The molecule has 0 unspecified atom stereocenters. The van der Waals surface area contributed by atoms with Crippen LogP contribution in [0.5, 0.6) is 17.2 Å². The van der Waals surface area contributed by atoms with Crippen LogP contribution in [0.3, 0.4) is 0 Å². The van der Waals surface area contributed by atoms with E-state index in [0.717, 1.165) is 0 Å². The molecule has 0 spiro atoms. The third-order valence-electron chi connectivity index (χ3n) is 1.66. The number of ether oxygens (including phenoxy) is 2. The zero-order valence-electron chi connectivity index (χ0n) is 8.23. The third-order valence-corrected chi connectivity index (χ3v) is 1.66. The maximum atomic E-state index is 13.4. The Morgan fingerprint density at radius 2 is 1.60 bits per heavy atom. The van der Waals surface area contributed by atoms with Gasteiger partial charge in [0.2, 0.25) is 5.82 Å². The Hall–Kier alpha value is -1.47. The van der Waals surface area contributed by atoms with E-state index in [4.69, 9.17) is 19.5 Å². The van der Waals surface area contributed by atoms with Gasteiger partial charge in [0.1, 0.15) is 5.75 Å². The Labute approximate surface area is 86.2 Å². The van der Waals surface area contributed by atoms with Crippen molar-refractivity contribution < 1.29 is 28.6 Å². The van der Waals surface area contributed by atoms with E-state index >= 15 is 0 Å². The van der Waals surface area contributed by atoms with Crippen LogP contribution >= 0.6 is 0 Å². The average Bonchev–Trinajstić information content (AvgIpc) is 2.19. The quantitative estimate of drug-likeness (QED) is 0.703. The number of hydrogen-bond donors (Lipinski definition) is 2. The molecule has 0 saturated carbocycles. The predicted octanol–water partition coefficient (Wildman–Crippen LogP) is 0.191. The van der Waals surface area contributed by atoms with E-state index in [9.17, 15) is 4.39 Å². The fourth-order valence-electron chi connectivity index (χ4n) is 1.04. The largest absolute Gasteiger partial charge is 0.707 e. The molecule has 0 bridgehead atoms. The van der Waals surface area contributed by atoms with Crippen LogP contribution < -0.4 is 14.1 Å². The molecular formula is C8H10BFO5. The summed E-state index contributed by atoms with van der Waals surface area (Å²) in [6.45, 7) is 0. The molecule has 0 heterocycles. The SMILES string of the molecule is COc1cc(OB(O)O)cc(OC)c1F. The molecule has 1 rings (SSSR count). The van der Waals surface area contributed by atoms with E-state index in [1.807, 2.05) is 0 Å². The second kappa shape index (κ2) is 4.85. The summed E-state index contributed by atoms with van der Waals surface area (Å²) >= 11 is 0. The molecule has 0 radical (unpaired) electrons. The molecule has 0 atom stereocenters. The summed E-state index contributed by atoms with van der Waals surface area (Å²) in [5.74, 6) is -0.866. The molecule has 7 heteroatoms. The van der Waals surface area contributed by atoms with E-state index in [-0.39, 0.29) is 17.2 Å². The van der Waals surface area contributed by atoms with Gasteiger partial charge in [-0.05, 0) is 0 Å². The van der Waals surface area contributed by atoms with Crippen molar-refractivity contribution in [2.45, 2.75) is 0 Å². The molecule has 5 nitrogen and oxygen atoms in total. The van der Waals surface area contributed by atoms with Gasteiger partial charge in [0, 0.05) is 12.1 Å². The lowest BCUT2D eigenvalue weighted by molar-refractivity contribution is 0.284. The summed E-state index contributed by atoms with van der Waals surface area (Å²) in [5.41, 5.74) is 0. The fraction of sp³-hybridized carbons (Fsp3) is 0.250. The Balaban J connectivity index is 3.09. The van der Waals surface area contributed by atoms with Crippen LogP contribution in [-0.2, 0) is 0 Å². The van der Waals surface area contributed by atoms with Crippen LogP contribution in [-0.4, -0.2) is 31.6 Å².